The summed E-state index contributed by atoms with van der Waals surface area (Å²) < 4.78 is 23.9. The predicted molar refractivity (Wildman–Crippen MR) is 174 cm³/mol. The van der Waals surface area contributed by atoms with Gasteiger partial charge in [-0.15, -0.1) is 5.10 Å². The van der Waals surface area contributed by atoms with E-state index in [4.69, 9.17) is 18.9 Å². The quantitative estimate of drug-likeness (QED) is 0.260. The molecular formula is C35H37N5O7. The minimum absolute atomic E-state index is 0.288. The lowest BCUT2D eigenvalue weighted by molar-refractivity contribution is -0.120. The summed E-state index contributed by atoms with van der Waals surface area (Å²) in [5.41, 5.74) is 0.964. The molecule has 12 nitrogen and oxygen atoms in total. The van der Waals surface area contributed by atoms with E-state index < -0.39 is 28.8 Å². The monoisotopic (exact) mass is 639 g/mol. The maximum atomic E-state index is 14.2. The Morgan fingerprint density at radius 2 is 1.72 bits per heavy atom. The molecule has 0 radical (unpaired) electrons. The van der Waals surface area contributed by atoms with Gasteiger partial charge in [0.25, 0.3) is 0 Å². The van der Waals surface area contributed by atoms with Crippen LogP contribution in [0.1, 0.15) is 70.6 Å². The van der Waals surface area contributed by atoms with Crippen molar-refractivity contribution < 1.29 is 33.3 Å². The first-order valence-corrected chi connectivity index (χ1v) is 15.6. The number of rotatable bonds is 4. The fourth-order valence-electron chi connectivity index (χ4n) is 6.50. The SMILES string of the molecule is COc1ccc2c(c1)[C@]1(C[C@H]1c1ccc3c(Nc4nccc5c4OCC5)nn(C(=O)OC(C)(C)C)c3c1)C(=O)N2C(=O)OC(C)(C)C. The lowest BCUT2D eigenvalue weighted by Gasteiger charge is -2.24. The maximum Gasteiger partial charge on any atom is 0.435 e. The van der Waals surface area contributed by atoms with Gasteiger partial charge in [-0.2, -0.15) is 4.68 Å². The minimum atomic E-state index is -1.00. The first-order valence-electron chi connectivity index (χ1n) is 15.6. The molecule has 47 heavy (non-hydrogen) atoms. The number of ether oxygens (including phenoxy) is 4. The summed E-state index contributed by atoms with van der Waals surface area (Å²) in [6, 6.07) is 12.8. The van der Waals surface area contributed by atoms with Gasteiger partial charge in [0.15, 0.2) is 17.4 Å². The number of fused-ring (bicyclic) bond motifs is 4. The van der Waals surface area contributed by atoms with Crippen LogP contribution in [0.2, 0.25) is 0 Å². The molecule has 2 aromatic heterocycles. The van der Waals surface area contributed by atoms with E-state index in [0.717, 1.165) is 22.4 Å². The second-order valence-electron chi connectivity index (χ2n) is 14.1. The molecular weight excluding hydrogens is 602 g/mol. The number of aromatic nitrogens is 3. The highest BCUT2D eigenvalue weighted by Gasteiger charge is 2.68. The average Bonchev–Trinajstić information content (AvgIpc) is 3.25. The molecule has 1 aliphatic carbocycles. The third-order valence-electron chi connectivity index (χ3n) is 8.56. The Labute approximate surface area is 271 Å². The van der Waals surface area contributed by atoms with Crippen LogP contribution in [0.25, 0.3) is 10.9 Å². The number of imide groups is 1. The fourth-order valence-corrected chi connectivity index (χ4v) is 6.50. The molecule has 0 saturated heterocycles. The van der Waals surface area contributed by atoms with Crippen molar-refractivity contribution in [3.05, 3.63) is 65.4 Å². The molecule has 1 saturated carbocycles. The fraction of sp³-hybridized carbons (Fsp3) is 0.400. The van der Waals surface area contributed by atoms with Gasteiger partial charge in [0.1, 0.15) is 17.0 Å². The van der Waals surface area contributed by atoms with Crippen LogP contribution in [0, 0.1) is 0 Å². The summed E-state index contributed by atoms with van der Waals surface area (Å²) in [6.07, 6.45) is 1.57. The van der Waals surface area contributed by atoms with Crippen LogP contribution in [0.3, 0.4) is 0 Å². The summed E-state index contributed by atoms with van der Waals surface area (Å²) in [5, 5.41) is 8.55. The van der Waals surface area contributed by atoms with E-state index in [0.29, 0.717) is 58.3 Å². The van der Waals surface area contributed by atoms with Crippen molar-refractivity contribution in [3.63, 3.8) is 0 Å². The third kappa shape index (κ3) is 5.12. The number of carbonyl (C=O) groups excluding carboxylic acids is 3. The van der Waals surface area contributed by atoms with Crippen molar-refractivity contribution in [2.24, 2.45) is 0 Å². The van der Waals surface area contributed by atoms with E-state index in [1.54, 1.807) is 67.0 Å². The zero-order valence-electron chi connectivity index (χ0n) is 27.5. The summed E-state index contributed by atoms with van der Waals surface area (Å²) in [6.45, 7) is 11.2. The highest BCUT2D eigenvalue weighted by atomic mass is 16.6. The molecule has 0 unspecified atom stereocenters. The molecule has 1 fully saturated rings. The van der Waals surface area contributed by atoms with Gasteiger partial charge in [-0.25, -0.2) is 19.5 Å². The summed E-state index contributed by atoms with van der Waals surface area (Å²) in [4.78, 5) is 46.6. The van der Waals surface area contributed by atoms with Gasteiger partial charge in [-0.3, -0.25) is 4.79 Å². The average molecular weight is 640 g/mol. The Kier molecular flexibility index (Phi) is 6.78. The van der Waals surface area contributed by atoms with E-state index in [1.165, 1.54) is 4.68 Å². The molecule has 1 N–H and O–H groups in total. The summed E-state index contributed by atoms with van der Waals surface area (Å²) in [7, 11) is 1.56. The lowest BCUT2D eigenvalue weighted by Crippen LogP contribution is -2.41. The maximum absolute atomic E-state index is 14.2. The molecule has 2 aromatic carbocycles. The number of amides is 2. The van der Waals surface area contributed by atoms with Crippen molar-refractivity contribution >= 4 is 46.3 Å². The zero-order chi connectivity index (χ0) is 33.5. The van der Waals surface area contributed by atoms with Crippen molar-refractivity contribution in [2.75, 3.05) is 23.9 Å². The number of nitrogens with one attached hydrogen (secondary N) is 1. The number of nitrogens with zero attached hydrogens (tertiary/aromatic N) is 4. The van der Waals surface area contributed by atoms with Crippen molar-refractivity contribution in [2.45, 2.75) is 76.9 Å². The molecule has 7 rings (SSSR count). The van der Waals surface area contributed by atoms with E-state index in [1.807, 2.05) is 30.3 Å². The third-order valence-corrected chi connectivity index (χ3v) is 8.56. The van der Waals surface area contributed by atoms with E-state index >= 15 is 0 Å². The number of methoxy groups -OCH3 is 1. The van der Waals surface area contributed by atoms with E-state index in [2.05, 4.69) is 15.4 Å². The molecule has 12 heteroatoms. The number of carbonyl (C=O) groups is 3. The Morgan fingerprint density at radius 3 is 2.45 bits per heavy atom. The number of anilines is 3. The van der Waals surface area contributed by atoms with Crippen LogP contribution < -0.4 is 19.7 Å². The lowest BCUT2D eigenvalue weighted by atomic mass is 9.91. The Balaban J connectivity index is 1.30. The summed E-state index contributed by atoms with van der Waals surface area (Å²) >= 11 is 0. The van der Waals surface area contributed by atoms with Gasteiger partial charge in [0.2, 0.25) is 5.91 Å². The van der Waals surface area contributed by atoms with E-state index in [-0.39, 0.29) is 11.8 Å². The van der Waals surface area contributed by atoms with Crippen LogP contribution in [0.4, 0.5) is 26.9 Å². The van der Waals surface area contributed by atoms with Crippen LogP contribution in [-0.4, -0.2) is 57.8 Å². The van der Waals surface area contributed by atoms with Crippen molar-refractivity contribution in [3.8, 4) is 11.5 Å². The van der Waals surface area contributed by atoms with Gasteiger partial charge in [-0.1, -0.05) is 6.07 Å². The van der Waals surface area contributed by atoms with Crippen LogP contribution >= 0.6 is 0 Å². The topological polar surface area (TPSA) is 134 Å². The normalized spacial score (nSPS) is 19.8. The van der Waals surface area contributed by atoms with Crippen LogP contribution in [0.5, 0.6) is 11.5 Å². The number of pyridine rings is 1. The van der Waals surface area contributed by atoms with Gasteiger partial charge in [-0.05, 0) is 95.5 Å². The highest BCUT2D eigenvalue weighted by Crippen LogP contribution is 2.67. The predicted octanol–water partition coefficient (Wildman–Crippen LogP) is 6.61. The van der Waals surface area contributed by atoms with Crippen molar-refractivity contribution in [1.29, 1.82) is 0 Å². The van der Waals surface area contributed by atoms with E-state index in [9.17, 15) is 14.4 Å². The first kappa shape index (κ1) is 30.5. The van der Waals surface area contributed by atoms with Gasteiger partial charge in [0.05, 0.1) is 30.3 Å². The largest absolute Gasteiger partial charge is 0.497 e. The smallest absolute Gasteiger partial charge is 0.435 e. The second kappa shape index (κ2) is 10.4. The van der Waals surface area contributed by atoms with Gasteiger partial charge >= 0.3 is 12.2 Å². The van der Waals surface area contributed by atoms with Gasteiger partial charge < -0.3 is 24.3 Å². The molecule has 2 atom stereocenters. The molecule has 4 aromatic rings. The highest BCUT2D eigenvalue weighted by molar-refractivity contribution is 6.23. The van der Waals surface area contributed by atoms with Crippen LogP contribution in [0.15, 0.2) is 48.7 Å². The standard InChI is InChI=1S/C35H37N5O7/c1-33(2,3)46-31(42)39-25-11-9-21(44-7)17-23(25)35(30(39)41)18-24(35)20-8-10-22-26(16-20)40(32(43)47-34(4,5)6)38-28(22)37-29-27-19(12-14-36-29)13-15-45-27/h8-12,14,16-17,24H,13,15,18H2,1-7H3,(H,36,37,38)/t24-,35-/m0/s1. The summed E-state index contributed by atoms with van der Waals surface area (Å²) in [5.74, 6) is 1.50. The molecule has 2 aliphatic heterocycles. The molecule has 0 bridgehead atoms. The molecule has 3 aliphatic rings. The minimum Gasteiger partial charge on any atom is -0.497 e. The number of hydrogen-bond donors (Lipinski definition) is 1. The Morgan fingerprint density at radius 1 is 0.979 bits per heavy atom. The molecule has 2 amide bonds. The van der Waals surface area contributed by atoms with Crippen LogP contribution in [-0.2, 0) is 26.1 Å². The zero-order valence-corrected chi connectivity index (χ0v) is 27.5. The Hall–Kier alpha value is -5.13. The number of hydrogen-bond acceptors (Lipinski definition) is 10. The molecule has 4 heterocycles. The van der Waals surface area contributed by atoms with Crippen molar-refractivity contribution in [1.82, 2.24) is 14.8 Å². The second-order valence-corrected chi connectivity index (χ2v) is 14.1. The Bertz CT molecular complexity index is 1970. The first-order chi connectivity index (χ1) is 22.2. The number of benzene rings is 2. The van der Waals surface area contributed by atoms with Gasteiger partial charge in [0, 0.05) is 29.5 Å². The molecule has 244 valence electrons. The molecule has 1 spiro atoms.